The van der Waals surface area contributed by atoms with Crippen molar-refractivity contribution in [2.24, 2.45) is 23.3 Å². The van der Waals surface area contributed by atoms with Gasteiger partial charge in [-0.1, -0.05) is 27.7 Å². The van der Waals surface area contributed by atoms with E-state index in [0.29, 0.717) is 18.5 Å². The van der Waals surface area contributed by atoms with Crippen LogP contribution in [0.1, 0.15) is 52.7 Å². The Hall–Kier alpha value is -2.46. The van der Waals surface area contributed by atoms with Crippen LogP contribution >= 0.6 is 0 Å². The standard InChI is InChI=1S/C20H36N6O4/c1-11(2)5-15(26-20(30)14(21)7-13-9-23-10-24-13)17(27)8-18(28)25-16(19(22)29)6-12(3)4/h9-12,14-17,27H,5-8,21H2,1-4H3,(H2,22,29)(H,23,24)(H,25,28)(H,26,30)/t14-,15-,16-,17-/m0/s1. The molecule has 0 spiro atoms. The number of H-pyrrole nitrogens is 1. The minimum absolute atomic E-state index is 0.162. The van der Waals surface area contributed by atoms with Crippen LogP contribution < -0.4 is 22.1 Å². The van der Waals surface area contributed by atoms with Gasteiger partial charge in [0.05, 0.1) is 36.6 Å². The van der Waals surface area contributed by atoms with Crippen LogP contribution in [0.3, 0.4) is 0 Å². The highest BCUT2D eigenvalue weighted by Gasteiger charge is 2.28. The quantitative estimate of drug-likeness (QED) is 0.250. The Morgan fingerprint density at radius 3 is 2.27 bits per heavy atom. The summed E-state index contributed by atoms with van der Waals surface area (Å²) in [6.07, 6.45) is 2.87. The Labute approximate surface area is 177 Å². The van der Waals surface area contributed by atoms with Crippen molar-refractivity contribution in [3.05, 3.63) is 18.2 Å². The number of aromatic amines is 1. The zero-order valence-corrected chi connectivity index (χ0v) is 18.2. The first kappa shape index (κ1) is 25.6. The van der Waals surface area contributed by atoms with Crippen LogP contribution in [0, 0.1) is 11.8 Å². The van der Waals surface area contributed by atoms with Crippen LogP contribution in [0.2, 0.25) is 0 Å². The van der Waals surface area contributed by atoms with Gasteiger partial charge >= 0.3 is 0 Å². The van der Waals surface area contributed by atoms with Gasteiger partial charge in [-0.25, -0.2) is 4.98 Å². The van der Waals surface area contributed by atoms with E-state index in [0.717, 1.165) is 0 Å². The van der Waals surface area contributed by atoms with E-state index in [1.165, 1.54) is 6.33 Å². The second kappa shape index (κ2) is 12.3. The third kappa shape index (κ3) is 9.36. The van der Waals surface area contributed by atoms with Crippen LogP contribution in [0.5, 0.6) is 0 Å². The number of aromatic nitrogens is 2. The predicted octanol–water partition coefficient (Wildman–Crippen LogP) is -0.422. The molecule has 0 aliphatic heterocycles. The molecule has 1 aromatic heterocycles. The van der Waals surface area contributed by atoms with Gasteiger partial charge in [0.2, 0.25) is 17.7 Å². The monoisotopic (exact) mass is 424 g/mol. The number of nitrogens with two attached hydrogens (primary N) is 2. The summed E-state index contributed by atoms with van der Waals surface area (Å²) in [5, 5.41) is 15.9. The van der Waals surface area contributed by atoms with Crippen molar-refractivity contribution in [2.75, 3.05) is 0 Å². The Balaban J connectivity index is 2.70. The van der Waals surface area contributed by atoms with Gasteiger partial charge in [-0.3, -0.25) is 14.4 Å². The number of imidazole rings is 1. The third-order valence-electron chi connectivity index (χ3n) is 4.62. The van der Waals surface area contributed by atoms with Gasteiger partial charge in [0, 0.05) is 12.6 Å². The van der Waals surface area contributed by atoms with Crippen LogP contribution in [-0.4, -0.2) is 57.0 Å². The molecule has 0 aliphatic carbocycles. The summed E-state index contributed by atoms with van der Waals surface area (Å²) in [4.78, 5) is 43.2. The molecule has 1 rings (SSSR count). The normalized spacial score (nSPS) is 15.5. The van der Waals surface area contributed by atoms with Gasteiger partial charge in [0.1, 0.15) is 6.04 Å². The summed E-state index contributed by atoms with van der Waals surface area (Å²) < 4.78 is 0. The first-order valence-corrected chi connectivity index (χ1v) is 10.3. The highest BCUT2D eigenvalue weighted by Crippen LogP contribution is 2.12. The zero-order valence-electron chi connectivity index (χ0n) is 18.2. The fraction of sp³-hybridized carbons (Fsp3) is 0.700. The predicted molar refractivity (Wildman–Crippen MR) is 113 cm³/mol. The number of amides is 3. The summed E-state index contributed by atoms with van der Waals surface area (Å²) in [6.45, 7) is 7.72. The molecule has 3 amide bonds. The first-order valence-electron chi connectivity index (χ1n) is 10.3. The average molecular weight is 425 g/mol. The molecule has 0 saturated carbocycles. The summed E-state index contributed by atoms with van der Waals surface area (Å²) in [7, 11) is 0. The molecule has 0 saturated heterocycles. The van der Waals surface area contributed by atoms with E-state index in [4.69, 9.17) is 11.5 Å². The molecule has 0 radical (unpaired) electrons. The lowest BCUT2D eigenvalue weighted by Gasteiger charge is -2.27. The van der Waals surface area contributed by atoms with Crippen molar-refractivity contribution in [3.63, 3.8) is 0 Å². The van der Waals surface area contributed by atoms with Gasteiger partial charge in [-0.05, 0) is 24.7 Å². The largest absolute Gasteiger partial charge is 0.390 e. The van der Waals surface area contributed by atoms with Crippen LogP contribution in [0.4, 0.5) is 0 Å². The van der Waals surface area contributed by atoms with Crippen molar-refractivity contribution < 1.29 is 19.5 Å². The molecule has 1 aromatic rings. The SMILES string of the molecule is CC(C)C[C@H](NC(=O)C[C@H](O)[C@H](CC(C)C)NC(=O)[C@@H](N)Cc1c[nH]cn1)C(N)=O. The summed E-state index contributed by atoms with van der Waals surface area (Å²) in [5.74, 6) is -1.23. The lowest BCUT2D eigenvalue weighted by Crippen LogP contribution is -2.52. The summed E-state index contributed by atoms with van der Waals surface area (Å²) in [5.41, 5.74) is 12.0. The topological polar surface area (TPSA) is 176 Å². The number of nitrogens with zero attached hydrogens (tertiary/aromatic N) is 1. The van der Waals surface area contributed by atoms with Crippen LogP contribution in [0.15, 0.2) is 12.5 Å². The second-order valence-electron chi connectivity index (χ2n) is 8.54. The number of carbonyl (C=O) groups excluding carboxylic acids is 3. The highest BCUT2D eigenvalue weighted by atomic mass is 16.3. The molecule has 0 bridgehead atoms. The van der Waals surface area contributed by atoms with Crippen molar-refractivity contribution in [3.8, 4) is 0 Å². The fourth-order valence-corrected chi connectivity index (χ4v) is 3.13. The molecule has 170 valence electrons. The van der Waals surface area contributed by atoms with E-state index in [1.54, 1.807) is 6.20 Å². The lowest BCUT2D eigenvalue weighted by atomic mass is 9.96. The first-order chi connectivity index (χ1) is 14.0. The number of carbonyl (C=O) groups is 3. The minimum Gasteiger partial charge on any atom is -0.390 e. The van der Waals surface area contributed by atoms with Gasteiger partial charge in [-0.2, -0.15) is 0 Å². The molecule has 1 heterocycles. The van der Waals surface area contributed by atoms with E-state index in [9.17, 15) is 19.5 Å². The molecular formula is C20H36N6O4. The van der Waals surface area contributed by atoms with Crippen molar-refractivity contribution in [1.29, 1.82) is 0 Å². The van der Waals surface area contributed by atoms with Gasteiger partial charge in [0.15, 0.2) is 0 Å². The molecule has 10 nitrogen and oxygen atoms in total. The van der Waals surface area contributed by atoms with Crippen LogP contribution in [-0.2, 0) is 20.8 Å². The number of hydrogen-bond donors (Lipinski definition) is 6. The number of rotatable bonds is 13. The second-order valence-corrected chi connectivity index (χ2v) is 8.54. The maximum absolute atomic E-state index is 12.5. The van der Waals surface area contributed by atoms with Crippen molar-refractivity contribution in [2.45, 2.75) is 77.6 Å². The molecule has 30 heavy (non-hydrogen) atoms. The van der Waals surface area contributed by atoms with Crippen molar-refractivity contribution in [1.82, 2.24) is 20.6 Å². The maximum Gasteiger partial charge on any atom is 0.240 e. The summed E-state index contributed by atoms with van der Waals surface area (Å²) in [6, 6.07) is -2.30. The highest BCUT2D eigenvalue weighted by molar-refractivity contribution is 5.87. The van der Waals surface area contributed by atoms with E-state index < -0.39 is 42.0 Å². The van der Waals surface area contributed by atoms with E-state index in [-0.39, 0.29) is 24.7 Å². The lowest BCUT2D eigenvalue weighted by molar-refractivity contribution is -0.130. The molecule has 4 atom stereocenters. The Morgan fingerprint density at radius 2 is 1.77 bits per heavy atom. The summed E-state index contributed by atoms with van der Waals surface area (Å²) >= 11 is 0. The van der Waals surface area contributed by atoms with Crippen molar-refractivity contribution >= 4 is 17.7 Å². The van der Waals surface area contributed by atoms with E-state index in [1.807, 2.05) is 27.7 Å². The average Bonchev–Trinajstić information content (AvgIpc) is 3.12. The van der Waals surface area contributed by atoms with Gasteiger partial charge in [0.25, 0.3) is 0 Å². The molecule has 8 N–H and O–H groups in total. The molecule has 0 aromatic carbocycles. The molecule has 0 fully saturated rings. The van der Waals surface area contributed by atoms with Crippen LogP contribution in [0.25, 0.3) is 0 Å². The Morgan fingerprint density at radius 1 is 1.13 bits per heavy atom. The van der Waals surface area contributed by atoms with E-state index >= 15 is 0 Å². The van der Waals surface area contributed by atoms with Gasteiger partial charge < -0.3 is 32.2 Å². The molecule has 10 heteroatoms. The molecule has 0 unspecified atom stereocenters. The number of primary amides is 1. The van der Waals surface area contributed by atoms with Gasteiger partial charge in [-0.15, -0.1) is 0 Å². The van der Waals surface area contributed by atoms with E-state index in [2.05, 4.69) is 20.6 Å². The molecular weight excluding hydrogens is 388 g/mol. The Bertz CT molecular complexity index is 677. The fourth-order valence-electron chi connectivity index (χ4n) is 3.13. The Kier molecular flexibility index (Phi) is 10.5. The number of aliphatic hydroxyl groups excluding tert-OH is 1. The zero-order chi connectivity index (χ0) is 22.8. The number of nitrogens with one attached hydrogen (secondary N) is 3. The third-order valence-corrected chi connectivity index (χ3v) is 4.62. The molecule has 0 aliphatic rings. The maximum atomic E-state index is 12.5. The number of hydrogen-bond acceptors (Lipinski definition) is 6. The number of aliphatic hydroxyl groups is 1. The smallest absolute Gasteiger partial charge is 0.240 e. The minimum atomic E-state index is -1.14.